The van der Waals surface area contributed by atoms with E-state index in [1.54, 1.807) is 18.2 Å². The summed E-state index contributed by atoms with van der Waals surface area (Å²) in [5.41, 5.74) is 4.25. The summed E-state index contributed by atoms with van der Waals surface area (Å²) in [5.74, 6) is -4.66. The molecular weight excluding hydrogens is 594 g/mol. The van der Waals surface area contributed by atoms with Crippen molar-refractivity contribution >= 4 is 29.3 Å². The number of anilines is 1. The summed E-state index contributed by atoms with van der Waals surface area (Å²) in [6, 6.07) is 21.6. The van der Waals surface area contributed by atoms with E-state index < -0.39 is 52.4 Å². The van der Waals surface area contributed by atoms with E-state index in [9.17, 15) is 19.5 Å². The van der Waals surface area contributed by atoms with Crippen molar-refractivity contribution in [2.45, 2.75) is 57.4 Å². The first-order valence-corrected chi connectivity index (χ1v) is 16.1. The van der Waals surface area contributed by atoms with Crippen LogP contribution in [0.1, 0.15) is 56.2 Å². The number of carbonyl (C=O) groups is 4. The minimum Gasteiger partial charge on any atom is -0.508 e. The summed E-state index contributed by atoms with van der Waals surface area (Å²) >= 11 is 0. The van der Waals surface area contributed by atoms with Gasteiger partial charge in [0.1, 0.15) is 11.5 Å². The molecule has 9 heteroatoms. The number of methoxy groups -OCH3 is 1. The molecule has 0 bridgehead atoms. The third-order valence-corrected chi connectivity index (χ3v) is 10.6. The van der Waals surface area contributed by atoms with Gasteiger partial charge in [-0.05, 0) is 76.3 Å². The van der Waals surface area contributed by atoms with Gasteiger partial charge in [-0.1, -0.05) is 65.7 Å². The number of ether oxygens (including phenoxy) is 1. The minimum absolute atomic E-state index is 0.0811. The molecule has 6 atom stereocenters. The van der Waals surface area contributed by atoms with Gasteiger partial charge in [-0.3, -0.25) is 29.5 Å². The molecule has 242 valence electrons. The number of likely N-dealkylation sites (tertiary alicyclic amines) is 1. The van der Waals surface area contributed by atoms with Crippen molar-refractivity contribution in [3.8, 4) is 11.5 Å². The lowest BCUT2D eigenvalue weighted by Crippen LogP contribution is -2.53. The lowest BCUT2D eigenvalue weighted by Gasteiger charge is -2.50. The summed E-state index contributed by atoms with van der Waals surface area (Å²) in [6.07, 6.45) is 2.47. The molecule has 0 unspecified atom stereocenters. The monoisotopic (exact) mass is 633 g/mol. The number of nitrogens with one attached hydrogen (secondary N) is 1. The summed E-state index contributed by atoms with van der Waals surface area (Å²) in [4.78, 5) is 59.3. The Hall–Kier alpha value is -4.92. The summed E-state index contributed by atoms with van der Waals surface area (Å²) in [5, 5.41) is 12.7. The van der Waals surface area contributed by atoms with E-state index in [1.807, 2.05) is 88.4 Å². The van der Waals surface area contributed by atoms with Gasteiger partial charge in [0, 0.05) is 17.0 Å². The van der Waals surface area contributed by atoms with Crippen LogP contribution in [-0.2, 0) is 24.6 Å². The zero-order valence-corrected chi connectivity index (χ0v) is 27.2. The summed E-state index contributed by atoms with van der Waals surface area (Å²) in [7, 11) is 1.50. The normalized spacial score (nSPS) is 28.5. The first-order valence-electron chi connectivity index (χ1n) is 16.1. The van der Waals surface area contributed by atoms with Gasteiger partial charge >= 0.3 is 0 Å². The number of allylic oxidation sites excluding steroid dienone is 2. The standard InChI is InChI=1S/C38H39N3O6/c1-21-14-16-23(17-15-21)39-41-34(44)27-20-26-24(18-19-25-30(26)35(45)40(33(25)43)37(2,3)4)32(31-28(42)12-9-13-29(31)47-5)38(27,36(41)46)22-10-7-6-8-11-22/h6-18,25-27,30,32,39,42H,19-20H2,1-5H3/t25-,26+,27-,30-,32+,38+/m0/s1. The minimum atomic E-state index is -1.49. The number of hydrazine groups is 1. The van der Waals surface area contributed by atoms with E-state index >= 15 is 4.79 Å². The number of amides is 4. The number of hydrogen-bond donors (Lipinski definition) is 2. The number of hydrogen-bond acceptors (Lipinski definition) is 7. The summed E-state index contributed by atoms with van der Waals surface area (Å²) < 4.78 is 5.83. The van der Waals surface area contributed by atoms with Crippen molar-refractivity contribution in [1.82, 2.24) is 9.91 Å². The highest BCUT2D eigenvalue weighted by molar-refractivity contribution is 6.13. The third kappa shape index (κ3) is 4.35. The molecule has 7 rings (SSSR count). The number of benzene rings is 3. The van der Waals surface area contributed by atoms with Gasteiger partial charge in [-0.25, -0.2) is 0 Å². The van der Waals surface area contributed by atoms with Crippen LogP contribution < -0.4 is 10.2 Å². The SMILES string of the molecule is COc1cccc(O)c1[C@H]1C2=CC[C@@H]3C(=O)N(C(C)(C)C)C(=O)[C@@H]3[C@@H]2C[C@H]2C(=O)N(Nc3ccc(C)cc3)C(=O)[C@@]12c1ccccc1. The number of aromatic hydroxyl groups is 1. The molecule has 4 amide bonds. The Balaban J connectivity index is 1.48. The maximum atomic E-state index is 15.2. The highest BCUT2D eigenvalue weighted by Gasteiger charge is 2.71. The molecule has 1 saturated carbocycles. The maximum absolute atomic E-state index is 15.2. The number of rotatable bonds is 5. The second-order valence-electron chi connectivity index (χ2n) is 14.2. The van der Waals surface area contributed by atoms with E-state index in [2.05, 4.69) is 5.43 Å². The molecule has 2 aliphatic carbocycles. The molecule has 3 aromatic rings. The molecular formula is C38H39N3O6. The number of phenolic OH excluding ortho intramolecular Hbond substituents is 1. The maximum Gasteiger partial charge on any atom is 0.260 e. The van der Waals surface area contributed by atoms with Crippen molar-refractivity contribution < 1.29 is 29.0 Å². The topological polar surface area (TPSA) is 116 Å². The van der Waals surface area contributed by atoms with Crippen LogP contribution in [0.2, 0.25) is 0 Å². The van der Waals surface area contributed by atoms with Crippen molar-refractivity contribution in [3.63, 3.8) is 0 Å². The molecule has 0 aromatic heterocycles. The Labute approximate surface area is 274 Å². The number of phenols is 1. The lowest BCUT2D eigenvalue weighted by atomic mass is 9.49. The van der Waals surface area contributed by atoms with Crippen molar-refractivity contribution in [2.24, 2.45) is 23.7 Å². The lowest BCUT2D eigenvalue weighted by molar-refractivity contribution is -0.146. The largest absolute Gasteiger partial charge is 0.508 e. The van der Waals surface area contributed by atoms with E-state index in [-0.39, 0.29) is 24.0 Å². The van der Waals surface area contributed by atoms with Gasteiger partial charge < -0.3 is 9.84 Å². The van der Waals surface area contributed by atoms with E-state index in [1.165, 1.54) is 12.0 Å². The van der Waals surface area contributed by atoms with Crippen molar-refractivity contribution in [1.29, 1.82) is 0 Å². The highest BCUT2D eigenvalue weighted by atomic mass is 16.5. The number of fused-ring (bicyclic) bond motifs is 4. The predicted molar refractivity (Wildman–Crippen MR) is 175 cm³/mol. The van der Waals surface area contributed by atoms with E-state index in [0.29, 0.717) is 29.0 Å². The Morgan fingerprint density at radius 1 is 0.872 bits per heavy atom. The van der Waals surface area contributed by atoms with Crippen molar-refractivity contribution in [2.75, 3.05) is 12.5 Å². The molecule has 47 heavy (non-hydrogen) atoms. The van der Waals surface area contributed by atoms with Gasteiger partial charge in [-0.2, -0.15) is 5.01 Å². The number of aryl methyl sites for hydroxylation is 1. The third-order valence-electron chi connectivity index (χ3n) is 10.6. The van der Waals surface area contributed by atoms with Crippen molar-refractivity contribution in [3.05, 3.63) is 101 Å². The quantitative estimate of drug-likeness (QED) is 0.282. The van der Waals surface area contributed by atoms with Crippen LogP contribution in [0.15, 0.2) is 84.4 Å². The molecule has 4 aliphatic rings. The molecule has 2 N–H and O–H groups in total. The fourth-order valence-corrected chi connectivity index (χ4v) is 8.72. The fourth-order valence-electron chi connectivity index (χ4n) is 8.72. The van der Waals surface area contributed by atoms with Crippen LogP contribution in [0.3, 0.4) is 0 Å². The average Bonchev–Trinajstić information content (AvgIpc) is 3.43. The second-order valence-corrected chi connectivity index (χ2v) is 14.2. The molecule has 3 aromatic carbocycles. The molecule has 2 saturated heterocycles. The average molecular weight is 634 g/mol. The van der Waals surface area contributed by atoms with Gasteiger partial charge in [0.05, 0.1) is 36.0 Å². The van der Waals surface area contributed by atoms with Gasteiger partial charge in [0.2, 0.25) is 11.8 Å². The van der Waals surface area contributed by atoms with Gasteiger partial charge in [0.25, 0.3) is 11.8 Å². The Morgan fingerprint density at radius 2 is 1.57 bits per heavy atom. The smallest absolute Gasteiger partial charge is 0.260 e. The van der Waals surface area contributed by atoms with Gasteiger partial charge in [0.15, 0.2) is 0 Å². The molecule has 9 nitrogen and oxygen atoms in total. The van der Waals surface area contributed by atoms with Crippen LogP contribution in [0.25, 0.3) is 0 Å². The second kappa shape index (κ2) is 10.8. The van der Waals surface area contributed by atoms with Crippen LogP contribution in [-0.4, -0.2) is 51.3 Å². The Bertz CT molecular complexity index is 1830. The van der Waals surface area contributed by atoms with Gasteiger partial charge in [-0.15, -0.1) is 0 Å². The molecule has 0 radical (unpaired) electrons. The number of nitrogens with zero attached hydrogens (tertiary/aromatic N) is 2. The number of carbonyl (C=O) groups excluding carboxylic acids is 4. The van der Waals surface area contributed by atoms with Crippen LogP contribution >= 0.6 is 0 Å². The Morgan fingerprint density at radius 3 is 2.23 bits per heavy atom. The predicted octanol–water partition coefficient (Wildman–Crippen LogP) is 5.49. The first-order chi connectivity index (χ1) is 22.4. The molecule has 2 heterocycles. The molecule has 2 aliphatic heterocycles. The molecule has 0 spiro atoms. The summed E-state index contributed by atoms with van der Waals surface area (Å²) in [6.45, 7) is 7.50. The molecule has 3 fully saturated rings. The highest BCUT2D eigenvalue weighted by Crippen LogP contribution is 2.66. The first kappa shape index (κ1) is 30.7. The van der Waals surface area contributed by atoms with Crippen LogP contribution in [0.4, 0.5) is 5.69 Å². The Kier molecular flexibility index (Phi) is 7.07. The van der Waals surface area contributed by atoms with E-state index in [0.717, 1.165) is 16.1 Å². The van der Waals surface area contributed by atoms with E-state index in [4.69, 9.17) is 4.74 Å². The van der Waals surface area contributed by atoms with Crippen LogP contribution in [0.5, 0.6) is 11.5 Å². The number of imide groups is 2. The fraction of sp³-hybridized carbons (Fsp3) is 0.368. The zero-order valence-electron chi connectivity index (χ0n) is 27.2. The zero-order chi connectivity index (χ0) is 33.4. The van der Waals surface area contributed by atoms with Crippen LogP contribution in [0, 0.1) is 30.6 Å².